The highest BCUT2D eigenvalue weighted by Crippen LogP contribution is 2.09. The first kappa shape index (κ1) is 11.8. The number of nitrogens with zero attached hydrogens (tertiary/aromatic N) is 2. The predicted octanol–water partition coefficient (Wildman–Crippen LogP) is -0.667. The smallest absolute Gasteiger partial charge is 0.222 e. The summed E-state index contributed by atoms with van der Waals surface area (Å²) in [4.78, 5) is 12.9. The molecule has 1 heterocycles. The van der Waals surface area contributed by atoms with Crippen LogP contribution in [0.5, 0.6) is 0 Å². The summed E-state index contributed by atoms with van der Waals surface area (Å²) in [5.41, 5.74) is 5.33. The maximum atomic E-state index is 11.2. The van der Waals surface area contributed by atoms with E-state index in [1.807, 2.05) is 0 Å². The lowest BCUT2D eigenvalue weighted by molar-refractivity contribution is -0.132. The van der Waals surface area contributed by atoms with Gasteiger partial charge in [0.2, 0.25) is 5.91 Å². The average Bonchev–Trinajstić information content (AvgIpc) is 2.23. The molecule has 1 atom stereocenters. The Bertz CT molecular complexity index is 254. The number of oxime groups is 1. The Hall–Kier alpha value is -1.30. The van der Waals surface area contributed by atoms with E-state index in [2.05, 4.69) is 10.5 Å². The van der Waals surface area contributed by atoms with Crippen molar-refractivity contribution >= 4 is 11.7 Å². The molecule has 6 nitrogen and oxygen atoms in total. The van der Waals surface area contributed by atoms with Gasteiger partial charge in [0.15, 0.2) is 0 Å². The molecule has 1 unspecified atom stereocenters. The van der Waals surface area contributed by atoms with E-state index in [0.29, 0.717) is 25.4 Å². The molecular weight excluding hydrogens is 196 g/mol. The molecule has 1 saturated heterocycles. The van der Waals surface area contributed by atoms with Crippen molar-refractivity contribution in [3.63, 3.8) is 0 Å². The van der Waals surface area contributed by atoms with Gasteiger partial charge in [0.05, 0.1) is 0 Å². The number of rotatable bonds is 4. The van der Waals surface area contributed by atoms with Crippen molar-refractivity contribution in [2.24, 2.45) is 10.9 Å². The van der Waals surface area contributed by atoms with E-state index < -0.39 is 0 Å². The van der Waals surface area contributed by atoms with Gasteiger partial charge in [-0.15, -0.1) is 0 Å². The van der Waals surface area contributed by atoms with Crippen molar-refractivity contribution in [3.8, 4) is 0 Å². The van der Waals surface area contributed by atoms with Crippen molar-refractivity contribution in [2.75, 3.05) is 20.1 Å². The van der Waals surface area contributed by atoms with Gasteiger partial charge in [0.25, 0.3) is 0 Å². The molecule has 1 fully saturated rings. The summed E-state index contributed by atoms with van der Waals surface area (Å²) in [6.45, 7) is 1.40. The second-order valence-corrected chi connectivity index (χ2v) is 3.81. The molecule has 15 heavy (non-hydrogen) atoms. The fourth-order valence-electron chi connectivity index (χ4n) is 1.63. The van der Waals surface area contributed by atoms with Crippen molar-refractivity contribution in [3.05, 3.63) is 0 Å². The molecule has 1 rings (SSSR count). The van der Waals surface area contributed by atoms with Crippen molar-refractivity contribution in [1.82, 2.24) is 10.2 Å². The van der Waals surface area contributed by atoms with Crippen molar-refractivity contribution in [1.29, 1.82) is 0 Å². The highest BCUT2D eigenvalue weighted by Gasteiger charge is 2.21. The van der Waals surface area contributed by atoms with Crippen LogP contribution in [0.25, 0.3) is 0 Å². The molecule has 0 aromatic carbocycles. The number of carbonyl (C=O) groups excluding carboxylic acids is 1. The van der Waals surface area contributed by atoms with Gasteiger partial charge in [-0.3, -0.25) is 4.79 Å². The summed E-state index contributed by atoms with van der Waals surface area (Å²) in [6, 6.07) is 0.319. The van der Waals surface area contributed by atoms with Crippen LogP contribution in [0.1, 0.15) is 19.3 Å². The van der Waals surface area contributed by atoms with E-state index >= 15 is 0 Å². The predicted molar refractivity (Wildman–Crippen MR) is 56.7 cm³/mol. The maximum absolute atomic E-state index is 11.2. The lowest BCUT2D eigenvalue weighted by Crippen LogP contribution is -2.47. The normalized spacial score (nSPS) is 23.3. The van der Waals surface area contributed by atoms with Crippen LogP contribution < -0.4 is 11.1 Å². The van der Waals surface area contributed by atoms with Crippen LogP contribution in [0.15, 0.2) is 5.16 Å². The highest BCUT2D eigenvalue weighted by atomic mass is 16.4. The van der Waals surface area contributed by atoms with Crippen LogP contribution in [-0.4, -0.2) is 48.0 Å². The molecule has 0 radical (unpaired) electrons. The molecule has 1 aliphatic heterocycles. The van der Waals surface area contributed by atoms with Gasteiger partial charge < -0.3 is 21.2 Å². The first-order valence-corrected chi connectivity index (χ1v) is 5.07. The summed E-state index contributed by atoms with van der Waals surface area (Å²) in [5.74, 6) is 0.423. The zero-order valence-corrected chi connectivity index (χ0v) is 8.94. The molecule has 0 aromatic heterocycles. The summed E-state index contributed by atoms with van der Waals surface area (Å²) in [5, 5.41) is 14.5. The first-order chi connectivity index (χ1) is 7.13. The van der Waals surface area contributed by atoms with Gasteiger partial charge in [-0.2, -0.15) is 0 Å². The number of amidine groups is 1. The standard InChI is InChI=1S/C9H18N4O2/c1-13-6-7(2-3-9(13)14)11-5-4-8(10)12-15/h7,11,15H,2-6H2,1H3,(H2,10,12). The van der Waals surface area contributed by atoms with E-state index in [-0.39, 0.29) is 11.7 Å². The lowest BCUT2D eigenvalue weighted by atomic mass is 10.1. The third-order valence-corrected chi connectivity index (χ3v) is 2.57. The zero-order valence-electron chi connectivity index (χ0n) is 8.94. The monoisotopic (exact) mass is 214 g/mol. The van der Waals surface area contributed by atoms with Gasteiger partial charge in [-0.1, -0.05) is 5.16 Å². The SMILES string of the molecule is CN1CC(NCCC(N)=NO)CCC1=O. The number of carbonyl (C=O) groups is 1. The van der Waals surface area contributed by atoms with Crippen LogP contribution in [0.2, 0.25) is 0 Å². The van der Waals surface area contributed by atoms with E-state index in [1.165, 1.54) is 0 Å². The van der Waals surface area contributed by atoms with Crippen LogP contribution in [0.3, 0.4) is 0 Å². The van der Waals surface area contributed by atoms with Crippen molar-refractivity contribution < 1.29 is 10.0 Å². The quantitative estimate of drug-likeness (QED) is 0.250. The molecular formula is C9H18N4O2. The first-order valence-electron chi connectivity index (χ1n) is 5.07. The number of piperidine rings is 1. The number of likely N-dealkylation sites (N-methyl/N-ethyl adjacent to an activating group) is 1. The minimum Gasteiger partial charge on any atom is -0.409 e. The fraction of sp³-hybridized carbons (Fsp3) is 0.778. The molecule has 6 heteroatoms. The van der Waals surface area contributed by atoms with E-state index in [0.717, 1.165) is 13.0 Å². The van der Waals surface area contributed by atoms with Crippen LogP contribution >= 0.6 is 0 Å². The van der Waals surface area contributed by atoms with Gasteiger partial charge in [-0.25, -0.2) is 0 Å². The molecule has 0 spiro atoms. The number of nitrogens with two attached hydrogens (primary N) is 1. The van der Waals surface area contributed by atoms with Crippen LogP contribution in [-0.2, 0) is 4.79 Å². The molecule has 1 aliphatic rings. The van der Waals surface area contributed by atoms with Gasteiger partial charge >= 0.3 is 0 Å². The van der Waals surface area contributed by atoms with E-state index in [4.69, 9.17) is 10.9 Å². The Morgan fingerprint density at radius 1 is 1.80 bits per heavy atom. The second-order valence-electron chi connectivity index (χ2n) is 3.81. The summed E-state index contributed by atoms with van der Waals surface area (Å²) >= 11 is 0. The Kier molecular flexibility index (Phi) is 4.36. The Balaban J connectivity index is 2.20. The number of amides is 1. The largest absolute Gasteiger partial charge is 0.409 e. The van der Waals surface area contributed by atoms with Gasteiger partial charge in [0.1, 0.15) is 5.84 Å². The Morgan fingerprint density at radius 2 is 2.53 bits per heavy atom. The molecule has 0 aliphatic carbocycles. The Morgan fingerprint density at radius 3 is 3.13 bits per heavy atom. The average molecular weight is 214 g/mol. The van der Waals surface area contributed by atoms with Gasteiger partial charge in [-0.05, 0) is 6.42 Å². The van der Waals surface area contributed by atoms with Crippen molar-refractivity contribution in [2.45, 2.75) is 25.3 Å². The number of nitrogens with one attached hydrogen (secondary N) is 1. The van der Waals surface area contributed by atoms with Crippen LogP contribution in [0.4, 0.5) is 0 Å². The topological polar surface area (TPSA) is 90.9 Å². The lowest BCUT2D eigenvalue weighted by Gasteiger charge is -2.30. The third-order valence-electron chi connectivity index (χ3n) is 2.57. The summed E-state index contributed by atoms with van der Waals surface area (Å²) < 4.78 is 0. The molecule has 0 aromatic rings. The van der Waals surface area contributed by atoms with Crippen LogP contribution in [0, 0.1) is 0 Å². The van der Waals surface area contributed by atoms with E-state index in [1.54, 1.807) is 11.9 Å². The fourth-order valence-corrected chi connectivity index (χ4v) is 1.63. The zero-order chi connectivity index (χ0) is 11.3. The number of hydrogen-bond donors (Lipinski definition) is 3. The minimum absolute atomic E-state index is 0.199. The summed E-state index contributed by atoms with van der Waals surface area (Å²) in [7, 11) is 1.81. The number of hydrogen-bond acceptors (Lipinski definition) is 4. The molecule has 0 bridgehead atoms. The Labute approximate surface area is 89.1 Å². The molecule has 0 saturated carbocycles. The molecule has 86 valence electrons. The summed E-state index contributed by atoms with van der Waals surface area (Å²) in [6.07, 6.45) is 1.97. The third kappa shape index (κ3) is 3.75. The second kappa shape index (κ2) is 5.55. The molecule has 1 amide bonds. The molecule has 4 N–H and O–H groups in total. The van der Waals surface area contributed by atoms with Gasteiger partial charge in [0, 0.05) is 39.0 Å². The van der Waals surface area contributed by atoms with E-state index in [9.17, 15) is 4.79 Å². The minimum atomic E-state index is 0.199. The maximum Gasteiger partial charge on any atom is 0.222 e. The number of likely N-dealkylation sites (tertiary alicyclic amines) is 1. The highest BCUT2D eigenvalue weighted by molar-refractivity contribution is 5.79.